The summed E-state index contributed by atoms with van der Waals surface area (Å²) in [4.78, 5) is 25.8. The van der Waals surface area contributed by atoms with E-state index in [-0.39, 0.29) is 11.9 Å². The molecule has 0 bridgehead atoms. The quantitative estimate of drug-likeness (QED) is 0.459. The lowest BCUT2D eigenvalue weighted by molar-refractivity contribution is 0.0935. The lowest BCUT2D eigenvalue weighted by Crippen LogP contribution is -2.26. The van der Waals surface area contributed by atoms with Crippen LogP contribution in [0.1, 0.15) is 28.5 Å². The third-order valence-electron chi connectivity index (χ3n) is 4.01. The molecule has 3 aromatic heterocycles. The highest BCUT2D eigenvalue weighted by molar-refractivity contribution is 7.13. The van der Waals surface area contributed by atoms with E-state index in [0.29, 0.717) is 10.7 Å². The molecule has 0 radical (unpaired) electrons. The van der Waals surface area contributed by atoms with Crippen molar-refractivity contribution in [2.75, 3.05) is 0 Å². The maximum absolute atomic E-state index is 12.6. The minimum absolute atomic E-state index is 0.223. The van der Waals surface area contributed by atoms with Crippen LogP contribution in [0.25, 0.3) is 21.8 Å². The fraction of sp³-hybridized carbons (Fsp3) is 0.100. The first kappa shape index (κ1) is 18.7. The molecule has 1 unspecified atom stereocenters. The van der Waals surface area contributed by atoms with Crippen molar-refractivity contribution in [2.24, 2.45) is 0 Å². The zero-order valence-electron chi connectivity index (χ0n) is 14.8. The Balaban J connectivity index is 1.46. The standard InChI is InChI=1S/C20H15ClN4OS2/c1-12(19-24-16(10-27-19)14-5-3-7-22-9-14)23-18(26)17-11-28-20(25-17)13-4-2-6-15(21)8-13/h2-12H,1H3,(H,23,26). The Morgan fingerprint density at radius 3 is 2.75 bits per heavy atom. The molecule has 140 valence electrons. The van der Waals surface area contributed by atoms with Gasteiger partial charge in [0.1, 0.15) is 15.7 Å². The Labute approximate surface area is 175 Å². The summed E-state index contributed by atoms with van der Waals surface area (Å²) >= 11 is 8.96. The summed E-state index contributed by atoms with van der Waals surface area (Å²) in [6.45, 7) is 1.91. The third-order valence-corrected chi connectivity index (χ3v) is 6.16. The SMILES string of the molecule is CC(NC(=O)c1csc(-c2cccc(Cl)c2)n1)c1nc(-c2cccnc2)cs1. The number of carbonyl (C=O) groups is 1. The van der Waals surface area contributed by atoms with Crippen molar-refractivity contribution in [3.8, 4) is 21.8 Å². The Bertz CT molecular complexity index is 1110. The minimum atomic E-state index is -0.227. The third kappa shape index (κ3) is 4.11. The van der Waals surface area contributed by atoms with Gasteiger partial charge in [-0.1, -0.05) is 23.7 Å². The van der Waals surface area contributed by atoms with E-state index in [1.165, 1.54) is 22.7 Å². The number of aromatic nitrogens is 3. The van der Waals surface area contributed by atoms with Crippen molar-refractivity contribution in [3.63, 3.8) is 0 Å². The summed E-state index contributed by atoms with van der Waals surface area (Å²) in [5.41, 5.74) is 3.08. The van der Waals surface area contributed by atoms with E-state index in [0.717, 1.165) is 26.8 Å². The molecular formula is C20H15ClN4OS2. The van der Waals surface area contributed by atoms with Crippen LogP contribution in [-0.4, -0.2) is 20.9 Å². The molecule has 1 aromatic carbocycles. The first-order chi connectivity index (χ1) is 13.6. The average Bonchev–Trinajstić information content (AvgIpc) is 3.39. The highest BCUT2D eigenvalue weighted by Gasteiger charge is 2.18. The summed E-state index contributed by atoms with van der Waals surface area (Å²) in [6, 6.07) is 11.0. The van der Waals surface area contributed by atoms with Crippen molar-refractivity contribution in [1.82, 2.24) is 20.3 Å². The number of carbonyl (C=O) groups excluding carboxylic acids is 1. The highest BCUT2D eigenvalue weighted by Crippen LogP contribution is 2.27. The van der Waals surface area contributed by atoms with E-state index < -0.39 is 0 Å². The van der Waals surface area contributed by atoms with E-state index >= 15 is 0 Å². The van der Waals surface area contributed by atoms with E-state index in [9.17, 15) is 4.79 Å². The maximum Gasteiger partial charge on any atom is 0.271 e. The second-order valence-corrected chi connectivity index (χ2v) is 8.24. The lowest BCUT2D eigenvalue weighted by atomic mass is 10.2. The molecule has 0 fully saturated rings. The normalized spacial score (nSPS) is 11.9. The van der Waals surface area contributed by atoms with E-state index in [1.807, 2.05) is 48.7 Å². The predicted octanol–water partition coefficient (Wildman–Crippen LogP) is 5.47. The highest BCUT2D eigenvalue weighted by atomic mass is 35.5. The van der Waals surface area contributed by atoms with Gasteiger partial charge in [0.25, 0.3) is 5.91 Å². The van der Waals surface area contributed by atoms with Crippen molar-refractivity contribution in [1.29, 1.82) is 0 Å². The van der Waals surface area contributed by atoms with Gasteiger partial charge in [-0.3, -0.25) is 9.78 Å². The fourth-order valence-corrected chi connectivity index (χ4v) is 4.42. The number of halogens is 1. The van der Waals surface area contributed by atoms with E-state index in [2.05, 4.69) is 20.3 Å². The molecule has 4 aromatic rings. The van der Waals surface area contributed by atoms with Gasteiger partial charge in [0.2, 0.25) is 0 Å². The second kappa shape index (κ2) is 8.18. The van der Waals surface area contributed by atoms with Crippen molar-refractivity contribution in [2.45, 2.75) is 13.0 Å². The summed E-state index contributed by atoms with van der Waals surface area (Å²) in [6.07, 6.45) is 3.50. The number of nitrogens with zero attached hydrogens (tertiary/aromatic N) is 3. The van der Waals surface area contributed by atoms with E-state index in [4.69, 9.17) is 11.6 Å². The molecule has 0 aliphatic rings. The van der Waals surface area contributed by atoms with Crippen LogP contribution in [0, 0.1) is 0 Å². The maximum atomic E-state index is 12.6. The van der Waals surface area contributed by atoms with Gasteiger partial charge in [-0.25, -0.2) is 9.97 Å². The first-order valence-electron chi connectivity index (χ1n) is 8.48. The average molecular weight is 427 g/mol. The minimum Gasteiger partial charge on any atom is -0.342 e. The van der Waals surface area contributed by atoms with Crippen LogP contribution in [0.5, 0.6) is 0 Å². The number of amides is 1. The molecule has 0 aliphatic heterocycles. The monoisotopic (exact) mass is 426 g/mol. The van der Waals surface area contributed by atoms with E-state index in [1.54, 1.807) is 17.8 Å². The Kier molecular flexibility index (Phi) is 5.47. The van der Waals surface area contributed by atoms with Gasteiger partial charge in [0.15, 0.2) is 0 Å². The predicted molar refractivity (Wildman–Crippen MR) is 114 cm³/mol. The van der Waals surface area contributed by atoms with Gasteiger partial charge < -0.3 is 5.32 Å². The van der Waals surface area contributed by atoms with Crippen LogP contribution >= 0.6 is 34.3 Å². The second-order valence-electron chi connectivity index (χ2n) is 6.06. The number of nitrogens with one attached hydrogen (secondary N) is 1. The van der Waals surface area contributed by atoms with Gasteiger partial charge in [-0.2, -0.15) is 0 Å². The zero-order chi connectivity index (χ0) is 19.5. The number of hydrogen-bond acceptors (Lipinski definition) is 6. The molecule has 3 heterocycles. The van der Waals surface area contributed by atoms with Gasteiger partial charge in [0.05, 0.1) is 11.7 Å². The molecule has 1 N–H and O–H groups in total. The molecular weight excluding hydrogens is 412 g/mol. The molecule has 0 saturated carbocycles. The zero-order valence-corrected chi connectivity index (χ0v) is 17.2. The molecule has 28 heavy (non-hydrogen) atoms. The van der Waals surface area contributed by atoms with Crippen LogP contribution in [0.4, 0.5) is 0 Å². The number of thiazole rings is 2. The van der Waals surface area contributed by atoms with Crippen molar-refractivity contribution < 1.29 is 4.79 Å². The number of hydrogen-bond donors (Lipinski definition) is 1. The van der Waals surface area contributed by atoms with Gasteiger partial charge in [0, 0.05) is 39.3 Å². The smallest absolute Gasteiger partial charge is 0.271 e. The number of benzene rings is 1. The Morgan fingerprint density at radius 1 is 1.11 bits per heavy atom. The molecule has 5 nitrogen and oxygen atoms in total. The molecule has 4 rings (SSSR count). The van der Waals surface area contributed by atoms with Crippen molar-refractivity contribution >= 4 is 40.2 Å². The topological polar surface area (TPSA) is 67.8 Å². The van der Waals surface area contributed by atoms with Gasteiger partial charge in [-0.05, 0) is 31.2 Å². The lowest BCUT2D eigenvalue weighted by Gasteiger charge is -2.09. The molecule has 1 amide bonds. The first-order valence-corrected chi connectivity index (χ1v) is 10.6. The Morgan fingerprint density at radius 2 is 1.96 bits per heavy atom. The molecule has 0 aliphatic carbocycles. The molecule has 0 spiro atoms. The molecule has 8 heteroatoms. The molecule has 0 saturated heterocycles. The van der Waals surface area contributed by atoms with Crippen LogP contribution < -0.4 is 5.32 Å². The Hall–Kier alpha value is -2.61. The van der Waals surface area contributed by atoms with Crippen molar-refractivity contribution in [3.05, 3.63) is 75.3 Å². The van der Waals surface area contributed by atoms with Crippen LogP contribution in [0.15, 0.2) is 59.6 Å². The summed E-state index contributed by atoms with van der Waals surface area (Å²) in [5, 5.41) is 8.91. The number of rotatable bonds is 5. The van der Waals surface area contributed by atoms with Crippen LogP contribution in [0.3, 0.4) is 0 Å². The largest absolute Gasteiger partial charge is 0.342 e. The van der Waals surface area contributed by atoms with Crippen LogP contribution in [0.2, 0.25) is 5.02 Å². The number of pyridine rings is 1. The summed E-state index contributed by atoms with van der Waals surface area (Å²) in [5.74, 6) is -0.227. The van der Waals surface area contributed by atoms with Crippen LogP contribution in [-0.2, 0) is 0 Å². The summed E-state index contributed by atoms with van der Waals surface area (Å²) < 4.78 is 0. The fourth-order valence-electron chi connectivity index (χ4n) is 2.60. The summed E-state index contributed by atoms with van der Waals surface area (Å²) in [7, 11) is 0. The van der Waals surface area contributed by atoms with Gasteiger partial charge in [-0.15, -0.1) is 22.7 Å². The van der Waals surface area contributed by atoms with Gasteiger partial charge >= 0.3 is 0 Å². The molecule has 1 atom stereocenters.